The molecule has 0 bridgehead atoms. The quantitative estimate of drug-likeness (QED) is 0.376. The zero-order valence-electron chi connectivity index (χ0n) is 20.2. The lowest BCUT2D eigenvalue weighted by Gasteiger charge is -2.17. The maximum Gasteiger partial charge on any atom is 0.163 e. The van der Waals surface area contributed by atoms with Gasteiger partial charge in [0.25, 0.3) is 0 Å². The fourth-order valence-electron chi connectivity index (χ4n) is 4.58. The van der Waals surface area contributed by atoms with E-state index in [0.717, 1.165) is 33.7 Å². The first-order chi connectivity index (χ1) is 18.0. The molecule has 0 spiro atoms. The minimum absolute atomic E-state index is 0.196. The molecule has 1 aliphatic heterocycles. The largest absolute Gasteiger partial charge is 0.339 e. The molecule has 37 heavy (non-hydrogen) atoms. The van der Waals surface area contributed by atoms with Gasteiger partial charge >= 0.3 is 0 Å². The van der Waals surface area contributed by atoms with Gasteiger partial charge in [0, 0.05) is 29.5 Å². The summed E-state index contributed by atoms with van der Waals surface area (Å²) >= 11 is 0. The summed E-state index contributed by atoms with van der Waals surface area (Å²) in [6.45, 7) is 4.05. The number of nitrogens with zero attached hydrogens (tertiary/aromatic N) is 8. The van der Waals surface area contributed by atoms with Crippen LogP contribution in [0.15, 0.2) is 54.9 Å². The van der Waals surface area contributed by atoms with E-state index in [1.807, 2.05) is 60.9 Å². The number of alkyl halides is 1. The Morgan fingerprint density at radius 3 is 2.73 bits per heavy atom. The number of pyridine rings is 1. The topological polar surface area (TPSA) is 122 Å². The van der Waals surface area contributed by atoms with Crippen LogP contribution in [0.3, 0.4) is 0 Å². The normalized spacial score (nSPS) is 17.2. The molecule has 5 heterocycles. The summed E-state index contributed by atoms with van der Waals surface area (Å²) in [5.74, 6) is 1.84. The second-order valence-electron chi connectivity index (χ2n) is 9.07. The van der Waals surface area contributed by atoms with Gasteiger partial charge in [0.15, 0.2) is 17.3 Å². The Balaban J connectivity index is 1.40. The van der Waals surface area contributed by atoms with Crippen molar-refractivity contribution >= 4 is 22.5 Å². The molecule has 2 atom stereocenters. The van der Waals surface area contributed by atoms with Crippen LogP contribution in [0.1, 0.15) is 35.1 Å². The predicted molar refractivity (Wildman–Crippen MR) is 136 cm³/mol. The van der Waals surface area contributed by atoms with E-state index in [4.69, 9.17) is 4.98 Å². The monoisotopic (exact) mass is 494 g/mol. The number of hydrogen-bond acceptors (Lipinski definition) is 8. The van der Waals surface area contributed by atoms with Crippen molar-refractivity contribution in [1.29, 1.82) is 5.26 Å². The number of anilines is 2. The Labute approximate surface area is 211 Å². The standard InChI is InChI=1S/C26H23FN10/c1-15-3-7-24(34-33-15)31-18-4-6-23-22(11-18)30-14-36(23)25-8-5-20(21-10-17(27)13-29-21)26(32-25)37-16(2)9-19(12-28)35-37/h3-9,11,14,17,21,29H,10,13H2,1-2H3,(H,31,34)/t17-,21-/m1/s1. The van der Waals surface area contributed by atoms with Gasteiger partial charge in [-0.3, -0.25) is 4.57 Å². The summed E-state index contributed by atoms with van der Waals surface area (Å²) in [5, 5.41) is 28.5. The first-order valence-corrected chi connectivity index (χ1v) is 11.9. The van der Waals surface area contributed by atoms with Crippen LogP contribution in [0.4, 0.5) is 15.9 Å². The molecule has 0 saturated carbocycles. The molecule has 1 fully saturated rings. The number of halogens is 1. The van der Waals surface area contributed by atoms with Crippen molar-refractivity contribution in [2.75, 3.05) is 11.9 Å². The van der Waals surface area contributed by atoms with Crippen molar-refractivity contribution in [3.63, 3.8) is 0 Å². The number of hydrogen-bond donors (Lipinski definition) is 2. The molecule has 10 nitrogen and oxygen atoms in total. The van der Waals surface area contributed by atoms with Crippen molar-refractivity contribution < 1.29 is 4.39 Å². The molecule has 1 saturated heterocycles. The fourth-order valence-corrected chi connectivity index (χ4v) is 4.58. The number of benzene rings is 1. The molecular formula is C26H23FN10. The lowest BCUT2D eigenvalue weighted by Crippen LogP contribution is -2.18. The minimum Gasteiger partial charge on any atom is -0.339 e. The summed E-state index contributed by atoms with van der Waals surface area (Å²) in [7, 11) is 0. The Morgan fingerprint density at radius 1 is 1.11 bits per heavy atom. The van der Waals surface area contributed by atoms with Crippen molar-refractivity contribution in [3.05, 3.63) is 77.5 Å². The highest BCUT2D eigenvalue weighted by atomic mass is 19.1. The lowest BCUT2D eigenvalue weighted by molar-refractivity contribution is 0.356. The molecule has 6 rings (SSSR count). The summed E-state index contributed by atoms with van der Waals surface area (Å²) < 4.78 is 17.6. The fraction of sp³-hybridized carbons (Fsp3) is 0.231. The zero-order valence-corrected chi connectivity index (χ0v) is 20.2. The molecule has 5 aromatic rings. The molecule has 2 N–H and O–H groups in total. The molecule has 1 aliphatic rings. The van der Waals surface area contributed by atoms with Crippen LogP contribution in [0.25, 0.3) is 22.7 Å². The van der Waals surface area contributed by atoms with Crippen LogP contribution in [0.2, 0.25) is 0 Å². The van der Waals surface area contributed by atoms with Gasteiger partial charge in [0.05, 0.1) is 16.7 Å². The summed E-state index contributed by atoms with van der Waals surface area (Å²) in [5.41, 5.74) is 5.22. The average Bonchev–Trinajstić information content (AvgIpc) is 3.63. The molecule has 11 heteroatoms. The summed E-state index contributed by atoms with van der Waals surface area (Å²) in [6, 6.07) is 17.0. The minimum atomic E-state index is -0.919. The van der Waals surface area contributed by atoms with Gasteiger partial charge in [-0.2, -0.15) is 15.5 Å². The van der Waals surface area contributed by atoms with E-state index in [-0.39, 0.29) is 6.04 Å². The number of nitriles is 1. The van der Waals surface area contributed by atoms with E-state index in [1.165, 1.54) is 0 Å². The molecule has 0 amide bonds. The van der Waals surface area contributed by atoms with Crippen LogP contribution < -0.4 is 10.6 Å². The van der Waals surface area contributed by atoms with Gasteiger partial charge in [-0.1, -0.05) is 0 Å². The lowest BCUT2D eigenvalue weighted by atomic mass is 10.1. The molecule has 4 aromatic heterocycles. The predicted octanol–water partition coefficient (Wildman–Crippen LogP) is 4.00. The van der Waals surface area contributed by atoms with E-state index in [1.54, 1.807) is 17.1 Å². The van der Waals surface area contributed by atoms with Crippen LogP contribution in [-0.2, 0) is 0 Å². The van der Waals surface area contributed by atoms with E-state index in [2.05, 4.69) is 37.0 Å². The SMILES string of the molecule is Cc1ccc(Nc2ccc3c(c2)ncn3-c2ccc([C@H]3C[C@@H](F)CN3)c(-n3nc(C#N)cc3C)n2)nn1. The number of nitrogens with one attached hydrogen (secondary N) is 2. The smallest absolute Gasteiger partial charge is 0.163 e. The second kappa shape index (κ2) is 9.07. The van der Waals surface area contributed by atoms with Crippen molar-refractivity contribution in [1.82, 2.24) is 39.8 Å². The Hall–Kier alpha value is -4.69. The Bertz CT molecular complexity index is 1650. The third kappa shape index (κ3) is 4.28. The van der Waals surface area contributed by atoms with E-state index in [0.29, 0.717) is 36.1 Å². The Morgan fingerprint density at radius 2 is 2.00 bits per heavy atom. The first kappa shape index (κ1) is 22.8. The van der Waals surface area contributed by atoms with E-state index in [9.17, 15) is 9.65 Å². The van der Waals surface area contributed by atoms with Gasteiger partial charge in [0.1, 0.15) is 24.4 Å². The van der Waals surface area contributed by atoms with Gasteiger partial charge in [-0.15, -0.1) is 5.10 Å². The molecular weight excluding hydrogens is 471 g/mol. The highest BCUT2D eigenvalue weighted by Gasteiger charge is 2.28. The number of imidazole rings is 1. The van der Waals surface area contributed by atoms with Crippen LogP contribution in [-0.4, -0.2) is 47.2 Å². The first-order valence-electron chi connectivity index (χ1n) is 11.9. The summed E-state index contributed by atoms with van der Waals surface area (Å²) in [4.78, 5) is 9.51. The second-order valence-corrected chi connectivity index (χ2v) is 9.07. The van der Waals surface area contributed by atoms with E-state index >= 15 is 0 Å². The third-order valence-corrected chi connectivity index (χ3v) is 6.41. The Kier molecular flexibility index (Phi) is 5.58. The third-order valence-electron chi connectivity index (χ3n) is 6.41. The average molecular weight is 495 g/mol. The summed E-state index contributed by atoms with van der Waals surface area (Å²) in [6.07, 6.45) is 1.15. The zero-order chi connectivity index (χ0) is 25.5. The van der Waals surface area contributed by atoms with Gasteiger partial charge in [-0.25, -0.2) is 19.0 Å². The number of rotatable bonds is 5. The van der Waals surface area contributed by atoms with Crippen molar-refractivity contribution in [3.8, 4) is 17.7 Å². The van der Waals surface area contributed by atoms with Crippen LogP contribution >= 0.6 is 0 Å². The molecule has 0 radical (unpaired) electrons. The van der Waals surface area contributed by atoms with Crippen LogP contribution in [0, 0.1) is 25.2 Å². The van der Waals surface area contributed by atoms with Gasteiger partial charge < -0.3 is 10.6 Å². The maximum absolute atomic E-state index is 14.0. The van der Waals surface area contributed by atoms with Gasteiger partial charge in [-0.05, 0) is 68.8 Å². The molecule has 184 valence electrons. The highest BCUT2D eigenvalue weighted by molar-refractivity contribution is 5.82. The number of aryl methyl sites for hydroxylation is 2. The molecule has 0 aliphatic carbocycles. The maximum atomic E-state index is 14.0. The van der Waals surface area contributed by atoms with E-state index < -0.39 is 6.17 Å². The molecule has 1 aromatic carbocycles. The highest BCUT2D eigenvalue weighted by Crippen LogP contribution is 2.31. The van der Waals surface area contributed by atoms with Gasteiger partial charge in [0.2, 0.25) is 0 Å². The van der Waals surface area contributed by atoms with Crippen LogP contribution in [0.5, 0.6) is 0 Å². The number of fused-ring (bicyclic) bond motifs is 1. The molecule has 0 unspecified atom stereocenters. The number of aromatic nitrogens is 7. The van der Waals surface area contributed by atoms with Crippen molar-refractivity contribution in [2.45, 2.75) is 32.5 Å². The van der Waals surface area contributed by atoms with Crippen molar-refractivity contribution in [2.24, 2.45) is 0 Å².